The predicted molar refractivity (Wildman–Crippen MR) is 213 cm³/mol. The molecule has 2 aromatic carbocycles. The third-order valence-corrected chi connectivity index (χ3v) is 13.6. The van der Waals surface area contributed by atoms with Crippen LogP contribution < -0.4 is 15.4 Å². The Balaban J connectivity index is 0.964. The van der Waals surface area contributed by atoms with Crippen molar-refractivity contribution in [1.29, 1.82) is 0 Å². The van der Waals surface area contributed by atoms with Crippen LogP contribution in [0.25, 0.3) is 22.4 Å². The van der Waals surface area contributed by atoms with Gasteiger partial charge >= 0.3 is 5.97 Å². The van der Waals surface area contributed by atoms with E-state index in [1.54, 1.807) is 30.5 Å². The van der Waals surface area contributed by atoms with E-state index in [1.165, 1.54) is 13.2 Å². The van der Waals surface area contributed by atoms with Gasteiger partial charge in [-0.05, 0) is 87.6 Å². The first-order valence-electron chi connectivity index (χ1n) is 19.4. The summed E-state index contributed by atoms with van der Waals surface area (Å²) in [6, 6.07) is 10.5. The number of methoxy groups -OCH3 is 1. The van der Waals surface area contributed by atoms with Crippen molar-refractivity contribution >= 4 is 40.8 Å². The number of carbonyl (C=O) groups excluding carboxylic acids is 1. The molecule has 0 spiro atoms. The van der Waals surface area contributed by atoms with Crippen LogP contribution in [0.3, 0.4) is 0 Å². The van der Waals surface area contributed by atoms with E-state index in [-0.39, 0.29) is 27.4 Å². The van der Waals surface area contributed by atoms with E-state index in [2.05, 4.69) is 20.5 Å². The molecule has 2 saturated carbocycles. The lowest BCUT2D eigenvalue weighted by molar-refractivity contribution is -0.148. The van der Waals surface area contributed by atoms with Crippen LogP contribution in [0.4, 0.5) is 10.1 Å². The molecule has 1 amide bonds. The highest BCUT2D eigenvalue weighted by Crippen LogP contribution is 2.63. The lowest BCUT2D eigenvalue weighted by atomic mass is 9.80. The Morgan fingerprint density at radius 2 is 1.86 bits per heavy atom. The van der Waals surface area contributed by atoms with Crippen LogP contribution in [-0.2, 0) is 36.1 Å². The van der Waals surface area contributed by atoms with Crippen molar-refractivity contribution in [2.24, 2.45) is 17.9 Å². The number of nitrogens with one attached hydrogen (secondary N) is 2. The van der Waals surface area contributed by atoms with Gasteiger partial charge in [-0.3, -0.25) is 19.5 Å². The lowest BCUT2D eigenvalue weighted by Crippen LogP contribution is -2.34. The molecule has 56 heavy (non-hydrogen) atoms. The molecule has 4 aliphatic rings. The van der Waals surface area contributed by atoms with Gasteiger partial charge in [0, 0.05) is 86.5 Å². The quantitative estimate of drug-likeness (QED) is 0.131. The molecule has 2 aromatic heterocycles. The van der Waals surface area contributed by atoms with Gasteiger partial charge < -0.3 is 29.8 Å². The number of hydrogen-bond acceptors (Lipinski definition) is 8. The number of carboxylic acids is 1. The van der Waals surface area contributed by atoms with E-state index in [4.69, 9.17) is 37.7 Å². The number of hydrogen-bond donors (Lipinski definition) is 3. The zero-order valence-electron chi connectivity index (χ0n) is 31.7. The van der Waals surface area contributed by atoms with E-state index in [0.29, 0.717) is 71.5 Å². The average molecular weight is 806 g/mol. The molecule has 2 aliphatic carbocycles. The number of carboxylic acid groups (broad SMARTS) is 1. The number of halogens is 3. The molecule has 3 N–H and O–H groups in total. The number of carbonyl (C=O) groups is 2. The maximum Gasteiger partial charge on any atom is 0.309 e. The number of aliphatic carboxylic acids is 1. The Morgan fingerprint density at radius 1 is 1.09 bits per heavy atom. The number of imidazole rings is 1. The van der Waals surface area contributed by atoms with Gasteiger partial charge in [0.25, 0.3) is 5.91 Å². The molecular weight excluding hydrogens is 758 g/mol. The molecule has 296 valence electrons. The van der Waals surface area contributed by atoms with Gasteiger partial charge in [0.15, 0.2) is 5.82 Å². The fourth-order valence-electron chi connectivity index (χ4n) is 9.45. The summed E-state index contributed by atoms with van der Waals surface area (Å²) in [6.07, 6.45) is 9.43. The summed E-state index contributed by atoms with van der Waals surface area (Å²) in [5, 5.41) is 16.8. The topological polar surface area (TPSA) is 131 Å². The molecule has 2 bridgehead atoms. The highest BCUT2D eigenvalue weighted by molar-refractivity contribution is 6.39. The summed E-state index contributed by atoms with van der Waals surface area (Å²) < 4.78 is 28.6. The molecule has 4 aromatic rings. The van der Waals surface area contributed by atoms with E-state index >= 15 is 4.39 Å². The summed E-state index contributed by atoms with van der Waals surface area (Å²) in [5.41, 5.74) is 4.30. The van der Waals surface area contributed by atoms with Gasteiger partial charge in [-0.25, -0.2) is 9.37 Å². The minimum Gasteiger partial charge on any atom is -0.496 e. The molecule has 1 saturated heterocycles. The van der Waals surface area contributed by atoms with Crippen LogP contribution in [0.5, 0.6) is 5.75 Å². The third-order valence-electron chi connectivity index (χ3n) is 12.8. The van der Waals surface area contributed by atoms with Crippen LogP contribution in [0.2, 0.25) is 10.0 Å². The first-order chi connectivity index (χ1) is 27.0. The van der Waals surface area contributed by atoms with Crippen molar-refractivity contribution in [2.75, 3.05) is 38.7 Å². The number of amides is 1. The van der Waals surface area contributed by atoms with E-state index in [1.807, 2.05) is 17.7 Å². The number of aromatic nitrogens is 3. The van der Waals surface area contributed by atoms with Crippen LogP contribution in [-0.4, -0.2) is 75.9 Å². The third kappa shape index (κ3) is 7.30. The summed E-state index contributed by atoms with van der Waals surface area (Å²) in [4.78, 5) is 37.4. The van der Waals surface area contributed by atoms with Crippen molar-refractivity contribution < 1.29 is 28.6 Å². The number of anilines is 1. The Bertz CT molecular complexity index is 2160. The van der Waals surface area contributed by atoms with Crippen molar-refractivity contribution in [3.63, 3.8) is 0 Å². The van der Waals surface area contributed by atoms with Crippen molar-refractivity contribution in [1.82, 2.24) is 24.8 Å². The zero-order chi connectivity index (χ0) is 39.2. The molecular formula is C42H47Cl2FN6O5. The normalized spacial score (nSPS) is 22.3. The second-order valence-corrected chi connectivity index (χ2v) is 16.7. The van der Waals surface area contributed by atoms with Crippen LogP contribution >= 0.6 is 23.2 Å². The molecule has 0 atom stereocenters. The van der Waals surface area contributed by atoms with Gasteiger partial charge in [0.2, 0.25) is 0 Å². The second-order valence-electron chi connectivity index (χ2n) is 16.0. The smallest absolute Gasteiger partial charge is 0.309 e. The maximum absolute atomic E-state index is 15.6. The summed E-state index contributed by atoms with van der Waals surface area (Å²) >= 11 is 14.0. The Kier molecular flexibility index (Phi) is 10.9. The minimum absolute atomic E-state index is 0.128. The van der Waals surface area contributed by atoms with Crippen LogP contribution in [0, 0.1) is 16.6 Å². The molecule has 2 aliphatic heterocycles. The second kappa shape index (κ2) is 15.7. The number of rotatable bonds is 12. The van der Waals surface area contributed by atoms with Crippen molar-refractivity contribution in [3.05, 3.63) is 81.2 Å². The first kappa shape index (κ1) is 38.8. The summed E-state index contributed by atoms with van der Waals surface area (Å²) in [5.74, 6) is -0.766. The lowest BCUT2D eigenvalue weighted by Gasteiger charge is -2.32. The molecule has 0 radical (unpaired) electrons. The number of benzene rings is 2. The summed E-state index contributed by atoms with van der Waals surface area (Å²) in [7, 11) is 3.37. The Morgan fingerprint density at radius 3 is 2.59 bits per heavy atom. The minimum atomic E-state index is -0.631. The zero-order valence-corrected chi connectivity index (χ0v) is 33.2. The predicted octanol–water partition coefficient (Wildman–Crippen LogP) is 7.91. The molecule has 0 unspecified atom stereocenters. The van der Waals surface area contributed by atoms with E-state index in [0.717, 1.165) is 82.3 Å². The van der Waals surface area contributed by atoms with Crippen LogP contribution in [0.15, 0.2) is 42.6 Å². The van der Waals surface area contributed by atoms with Gasteiger partial charge in [-0.1, -0.05) is 35.3 Å². The first-order valence-corrected chi connectivity index (χ1v) is 20.2. The number of ether oxygens (including phenoxy) is 2. The highest BCUT2D eigenvalue weighted by atomic mass is 35.5. The number of nitrogens with zero attached hydrogens (tertiary/aromatic N) is 4. The Labute approximate surface area is 335 Å². The van der Waals surface area contributed by atoms with E-state index < -0.39 is 17.2 Å². The highest BCUT2D eigenvalue weighted by Gasteiger charge is 2.57. The fourth-order valence-corrected chi connectivity index (χ4v) is 10.0. The number of pyridine rings is 1. The monoisotopic (exact) mass is 804 g/mol. The molecule has 11 nitrogen and oxygen atoms in total. The van der Waals surface area contributed by atoms with E-state index in [9.17, 15) is 14.7 Å². The SMILES string of the molecule is COc1cc(-c2nccc(-c3cccc(NC(=O)c4nc5c(n4C)CCN(CCC46CCC(C(=O)O)(CC4)C6)C5)c3Cl)c2Cl)cc(F)c1CNC1CCOCC1. The molecule has 14 heteroatoms. The van der Waals surface area contributed by atoms with Crippen molar-refractivity contribution in [2.45, 2.75) is 76.9 Å². The molecule has 8 rings (SSSR count). The largest absolute Gasteiger partial charge is 0.496 e. The average Bonchev–Trinajstić information content (AvgIpc) is 3.89. The van der Waals surface area contributed by atoms with Crippen LogP contribution in [0.1, 0.15) is 78.9 Å². The molecule has 3 fully saturated rings. The Hall–Kier alpha value is -4.07. The fraction of sp³-hybridized carbons (Fsp3) is 0.476. The van der Waals surface area contributed by atoms with Crippen molar-refractivity contribution in [3.8, 4) is 28.1 Å². The molecule has 4 heterocycles. The van der Waals surface area contributed by atoms with Gasteiger partial charge in [-0.2, -0.15) is 0 Å². The summed E-state index contributed by atoms with van der Waals surface area (Å²) in [6.45, 7) is 4.06. The van der Waals surface area contributed by atoms with Gasteiger partial charge in [0.05, 0.1) is 39.6 Å². The standard InChI is InChI=1S/C42H47Cl2FN6O5/c1-50-33-7-16-51(17-14-41-10-12-42(24-41,13-11-41)40(53)54)23-32(33)48-38(50)39(52)49-31-5-3-4-27(35(31)43)28-6-15-46-37(36(28)44)25-20-30(45)29(34(21-25)55-2)22-47-26-8-18-56-19-9-26/h3-6,15,20-21,26,47H,7-14,16-19,22-24H2,1-2H3,(H,49,52)(H,53,54). The van der Waals surface area contributed by atoms with Gasteiger partial charge in [-0.15, -0.1) is 0 Å². The number of fused-ring (bicyclic) bond motifs is 3. The van der Waals surface area contributed by atoms with Gasteiger partial charge in [0.1, 0.15) is 11.6 Å². The maximum atomic E-state index is 15.6.